The van der Waals surface area contributed by atoms with Gasteiger partial charge in [0.2, 0.25) is 0 Å². The Kier molecular flexibility index (Phi) is 3.48. The lowest BCUT2D eigenvalue weighted by atomic mass is 9.82. The molecule has 1 N–H and O–H groups in total. The van der Waals surface area contributed by atoms with E-state index in [-0.39, 0.29) is 11.5 Å². The molecule has 1 aliphatic rings. The van der Waals surface area contributed by atoms with Crippen LogP contribution in [0.5, 0.6) is 0 Å². The minimum absolute atomic E-state index is 0.150. The highest BCUT2D eigenvalue weighted by Gasteiger charge is 2.34. The summed E-state index contributed by atoms with van der Waals surface area (Å²) >= 11 is 12.1. The second kappa shape index (κ2) is 4.56. The van der Waals surface area contributed by atoms with Gasteiger partial charge in [-0.2, -0.15) is 0 Å². The van der Waals surface area contributed by atoms with Gasteiger partial charge in [-0.25, -0.2) is 0 Å². The Morgan fingerprint density at radius 1 is 1.44 bits per heavy atom. The molecule has 1 fully saturated rings. The van der Waals surface area contributed by atoms with E-state index in [4.69, 9.17) is 23.2 Å². The van der Waals surface area contributed by atoms with E-state index in [1.54, 1.807) is 6.07 Å². The predicted molar refractivity (Wildman–Crippen MR) is 68.1 cm³/mol. The van der Waals surface area contributed by atoms with E-state index in [1.807, 2.05) is 12.1 Å². The summed E-state index contributed by atoms with van der Waals surface area (Å²) in [5, 5.41) is 11.1. The van der Waals surface area contributed by atoms with E-state index < -0.39 is 0 Å². The van der Waals surface area contributed by atoms with Crippen LogP contribution >= 0.6 is 23.2 Å². The molecule has 1 aromatic carbocycles. The molecule has 0 amide bonds. The molecular weight excluding hydrogens is 243 g/mol. The predicted octanol–water partition coefficient (Wildman–Crippen LogP) is 4.09. The molecule has 0 radical (unpaired) electrons. The smallest absolute Gasteiger partial charge is 0.0545 e. The van der Waals surface area contributed by atoms with Crippen molar-refractivity contribution in [2.45, 2.75) is 38.7 Å². The first-order valence-electron chi connectivity index (χ1n) is 5.60. The molecular formula is C13H16Cl2O. The molecule has 88 valence electrons. The van der Waals surface area contributed by atoms with Gasteiger partial charge < -0.3 is 5.11 Å². The van der Waals surface area contributed by atoms with Crippen molar-refractivity contribution in [1.29, 1.82) is 0 Å². The lowest BCUT2D eigenvalue weighted by Crippen LogP contribution is -2.17. The Balaban J connectivity index is 2.17. The molecule has 1 aliphatic carbocycles. The van der Waals surface area contributed by atoms with Crippen LogP contribution in [0.25, 0.3) is 0 Å². The zero-order valence-corrected chi connectivity index (χ0v) is 10.9. The minimum atomic E-state index is -0.150. The molecule has 2 unspecified atom stereocenters. The monoisotopic (exact) mass is 258 g/mol. The SMILES string of the molecule is CC1(Cc2cc(Cl)ccc2Cl)CCC(O)C1. The van der Waals surface area contributed by atoms with Crippen molar-refractivity contribution in [2.75, 3.05) is 0 Å². The van der Waals surface area contributed by atoms with Crippen LogP contribution in [0.3, 0.4) is 0 Å². The van der Waals surface area contributed by atoms with Crippen molar-refractivity contribution in [3.05, 3.63) is 33.8 Å². The van der Waals surface area contributed by atoms with Crippen molar-refractivity contribution in [3.63, 3.8) is 0 Å². The van der Waals surface area contributed by atoms with Gasteiger partial charge in [-0.15, -0.1) is 0 Å². The van der Waals surface area contributed by atoms with E-state index in [1.165, 1.54) is 0 Å². The molecule has 0 aliphatic heterocycles. The Labute approximate surface area is 106 Å². The topological polar surface area (TPSA) is 20.2 Å². The van der Waals surface area contributed by atoms with Crippen LogP contribution < -0.4 is 0 Å². The molecule has 3 heteroatoms. The average Bonchev–Trinajstić information content (AvgIpc) is 2.52. The van der Waals surface area contributed by atoms with E-state index in [9.17, 15) is 5.11 Å². The number of aliphatic hydroxyl groups is 1. The van der Waals surface area contributed by atoms with E-state index >= 15 is 0 Å². The second-order valence-electron chi connectivity index (χ2n) is 5.12. The molecule has 0 saturated heterocycles. The summed E-state index contributed by atoms with van der Waals surface area (Å²) < 4.78 is 0. The number of rotatable bonds is 2. The fourth-order valence-electron chi connectivity index (χ4n) is 2.59. The third-order valence-corrected chi connectivity index (χ3v) is 4.04. The molecule has 0 aromatic heterocycles. The van der Waals surface area contributed by atoms with Gasteiger partial charge in [-0.05, 0) is 54.9 Å². The Bertz CT molecular complexity index is 392. The standard InChI is InChI=1S/C13H16Cl2O/c1-13(5-4-11(16)8-13)7-9-6-10(14)2-3-12(9)15/h2-3,6,11,16H,4-5,7-8H2,1H3. The first-order valence-corrected chi connectivity index (χ1v) is 6.36. The van der Waals surface area contributed by atoms with Gasteiger partial charge >= 0.3 is 0 Å². The van der Waals surface area contributed by atoms with Gasteiger partial charge in [0.15, 0.2) is 0 Å². The van der Waals surface area contributed by atoms with Crippen LogP contribution in [0.2, 0.25) is 10.0 Å². The largest absolute Gasteiger partial charge is 0.393 e. The zero-order valence-electron chi connectivity index (χ0n) is 9.34. The van der Waals surface area contributed by atoms with Crippen LogP contribution in [-0.2, 0) is 6.42 Å². The van der Waals surface area contributed by atoms with Gasteiger partial charge in [-0.1, -0.05) is 30.1 Å². The minimum Gasteiger partial charge on any atom is -0.393 e. The zero-order chi connectivity index (χ0) is 11.8. The molecule has 2 atom stereocenters. The van der Waals surface area contributed by atoms with Crippen LogP contribution in [-0.4, -0.2) is 11.2 Å². The van der Waals surface area contributed by atoms with Gasteiger partial charge in [0, 0.05) is 10.0 Å². The second-order valence-corrected chi connectivity index (χ2v) is 5.96. The third kappa shape index (κ3) is 2.71. The third-order valence-electron chi connectivity index (χ3n) is 3.43. The van der Waals surface area contributed by atoms with Gasteiger partial charge in [0.25, 0.3) is 0 Å². The van der Waals surface area contributed by atoms with Gasteiger partial charge in [-0.3, -0.25) is 0 Å². The van der Waals surface area contributed by atoms with Gasteiger partial charge in [0.1, 0.15) is 0 Å². The molecule has 2 rings (SSSR count). The molecule has 0 spiro atoms. The summed E-state index contributed by atoms with van der Waals surface area (Å²) in [6, 6.07) is 5.58. The number of benzene rings is 1. The lowest BCUT2D eigenvalue weighted by molar-refractivity contribution is 0.163. The molecule has 1 aromatic rings. The first kappa shape index (κ1) is 12.2. The summed E-state index contributed by atoms with van der Waals surface area (Å²) in [4.78, 5) is 0. The highest BCUT2D eigenvalue weighted by atomic mass is 35.5. The summed E-state index contributed by atoms with van der Waals surface area (Å²) in [7, 11) is 0. The van der Waals surface area contributed by atoms with E-state index in [0.717, 1.165) is 41.3 Å². The summed E-state index contributed by atoms with van der Waals surface area (Å²) in [6.07, 6.45) is 3.55. The maximum Gasteiger partial charge on any atom is 0.0545 e. The summed E-state index contributed by atoms with van der Waals surface area (Å²) in [5.74, 6) is 0. The number of halogens is 2. The fraction of sp³-hybridized carbons (Fsp3) is 0.538. The summed E-state index contributed by atoms with van der Waals surface area (Å²) in [6.45, 7) is 2.21. The molecule has 1 saturated carbocycles. The van der Waals surface area contributed by atoms with Crippen molar-refractivity contribution in [2.24, 2.45) is 5.41 Å². The highest BCUT2D eigenvalue weighted by molar-refractivity contribution is 6.33. The summed E-state index contributed by atoms with van der Waals surface area (Å²) in [5.41, 5.74) is 1.25. The van der Waals surface area contributed by atoms with Crippen molar-refractivity contribution in [3.8, 4) is 0 Å². The molecule has 16 heavy (non-hydrogen) atoms. The Hall–Kier alpha value is -0.240. The van der Waals surface area contributed by atoms with Crippen LogP contribution in [0.15, 0.2) is 18.2 Å². The molecule has 1 nitrogen and oxygen atoms in total. The lowest BCUT2D eigenvalue weighted by Gasteiger charge is -2.24. The van der Waals surface area contributed by atoms with Crippen LogP contribution in [0.1, 0.15) is 31.7 Å². The van der Waals surface area contributed by atoms with Gasteiger partial charge in [0.05, 0.1) is 6.10 Å². The maximum absolute atomic E-state index is 9.61. The van der Waals surface area contributed by atoms with E-state index in [0.29, 0.717) is 0 Å². The average molecular weight is 259 g/mol. The quantitative estimate of drug-likeness (QED) is 0.848. The number of hydrogen-bond donors (Lipinski definition) is 1. The molecule has 0 bridgehead atoms. The van der Waals surface area contributed by atoms with E-state index in [2.05, 4.69) is 6.92 Å². The first-order chi connectivity index (χ1) is 7.48. The number of aliphatic hydroxyl groups excluding tert-OH is 1. The van der Waals surface area contributed by atoms with Crippen molar-refractivity contribution in [1.82, 2.24) is 0 Å². The molecule has 0 heterocycles. The Morgan fingerprint density at radius 2 is 2.19 bits per heavy atom. The number of hydrogen-bond acceptors (Lipinski definition) is 1. The normalized spacial score (nSPS) is 29.6. The van der Waals surface area contributed by atoms with Crippen molar-refractivity contribution >= 4 is 23.2 Å². The van der Waals surface area contributed by atoms with Crippen molar-refractivity contribution < 1.29 is 5.11 Å². The highest BCUT2D eigenvalue weighted by Crippen LogP contribution is 2.41. The van der Waals surface area contributed by atoms with Crippen LogP contribution in [0, 0.1) is 5.41 Å². The maximum atomic E-state index is 9.61. The van der Waals surface area contributed by atoms with Crippen LogP contribution in [0.4, 0.5) is 0 Å². The Morgan fingerprint density at radius 3 is 2.81 bits per heavy atom. The fourth-order valence-corrected chi connectivity index (χ4v) is 2.97.